The predicted molar refractivity (Wildman–Crippen MR) is 94.5 cm³/mol. The number of hydrogen-bond donors (Lipinski definition) is 1. The molecule has 0 aliphatic carbocycles. The third-order valence-corrected chi connectivity index (χ3v) is 3.59. The van der Waals surface area contributed by atoms with Gasteiger partial charge in [-0.25, -0.2) is 4.79 Å². The lowest BCUT2D eigenvalue weighted by Gasteiger charge is -2.12. The molecule has 0 radical (unpaired) electrons. The van der Waals surface area contributed by atoms with E-state index >= 15 is 0 Å². The van der Waals surface area contributed by atoms with Crippen molar-refractivity contribution in [2.24, 2.45) is 5.92 Å². The molecule has 1 atom stereocenters. The number of furan rings is 1. The zero-order chi connectivity index (χ0) is 20.1. The van der Waals surface area contributed by atoms with Crippen molar-refractivity contribution in [3.05, 3.63) is 57.8 Å². The van der Waals surface area contributed by atoms with E-state index in [1.807, 2.05) is 0 Å². The molecule has 1 amide bonds. The topological polar surface area (TPSA) is 129 Å². The summed E-state index contributed by atoms with van der Waals surface area (Å²) in [6.45, 7) is 4.90. The fourth-order valence-corrected chi connectivity index (χ4v) is 2.05. The molecule has 1 unspecified atom stereocenters. The zero-order valence-electron chi connectivity index (χ0n) is 14.9. The molecule has 1 aromatic heterocycles. The Morgan fingerprint density at radius 3 is 2.22 bits per heavy atom. The van der Waals surface area contributed by atoms with E-state index in [1.165, 1.54) is 19.1 Å². The summed E-state index contributed by atoms with van der Waals surface area (Å²) in [7, 11) is 0. The Balaban J connectivity index is 2.00. The number of amides is 1. The van der Waals surface area contributed by atoms with E-state index < -0.39 is 28.7 Å². The molecule has 2 rings (SSSR count). The average molecular weight is 374 g/mol. The Kier molecular flexibility index (Phi) is 6.07. The van der Waals surface area contributed by atoms with Crippen LogP contribution >= 0.6 is 0 Å². The van der Waals surface area contributed by atoms with E-state index in [9.17, 15) is 24.5 Å². The number of anilines is 1. The number of Topliss-reactive ketones (excluding diaryl/α,β-unsaturated/α-hetero) is 1. The van der Waals surface area contributed by atoms with Crippen molar-refractivity contribution in [2.45, 2.75) is 26.9 Å². The van der Waals surface area contributed by atoms with Gasteiger partial charge in [0.2, 0.25) is 17.5 Å². The molecule has 0 fully saturated rings. The Morgan fingerprint density at radius 1 is 1.07 bits per heavy atom. The van der Waals surface area contributed by atoms with Crippen molar-refractivity contribution >= 4 is 29.2 Å². The first-order valence-corrected chi connectivity index (χ1v) is 8.09. The van der Waals surface area contributed by atoms with Crippen molar-refractivity contribution in [2.75, 3.05) is 5.32 Å². The van der Waals surface area contributed by atoms with E-state index in [1.54, 1.807) is 26.0 Å². The van der Waals surface area contributed by atoms with Crippen LogP contribution in [0.4, 0.5) is 11.6 Å². The van der Waals surface area contributed by atoms with Crippen LogP contribution in [-0.2, 0) is 9.53 Å². The predicted octanol–water partition coefficient (Wildman–Crippen LogP) is 3.21. The van der Waals surface area contributed by atoms with Crippen LogP contribution in [0.5, 0.6) is 0 Å². The Bertz CT molecular complexity index is 868. The minimum absolute atomic E-state index is 0.149. The number of carbonyl (C=O) groups excluding carboxylic acids is 3. The molecule has 1 aromatic carbocycles. The maximum Gasteiger partial charge on any atom is 0.433 e. The molecule has 9 heteroatoms. The molecule has 0 aliphatic heterocycles. The number of carbonyl (C=O) groups is 3. The van der Waals surface area contributed by atoms with Gasteiger partial charge >= 0.3 is 11.9 Å². The van der Waals surface area contributed by atoms with Crippen LogP contribution in [0, 0.1) is 16.0 Å². The van der Waals surface area contributed by atoms with Gasteiger partial charge in [0.1, 0.15) is 4.92 Å². The molecule has 0 saturated carbocycles. The van der Waals surface area contributed by atoms with E-state index in [-0.39, 0.29) is 23.1 Å². The van der Waals surface area contributed by atoms with Gasteiger partial charge in [0.05, 0.1) is 6.07 Å². The molecule has 0 bridgehead atoms. The quantitative estimate of drug-likeness (QED) is 0.341. The third kappa shape index (κ3) is 5.00. The summed E-state index contributed by atoms with van der Waals surface area (Å²) in [6.07, 6.45) is -1.13. The van der Waals surface area contributed by atoms with E-state index in [2.05, 4.69) is 5.32 Å². The van der Waals surface area contributed by atoms with E-state index in [0.717, 1.165) is 12.1 Å². The Morgan fingerprint density at radius 2 is 1.70 bits per heavy atom. The molecule has 0 spiro atoms. The third-order valence-electron chi connectivity index (χ3n) is 3.59. The average Bonchev–Trinajstić information content (AvgIpc) is 3.12. The van der Waals surface area contributed by atoms with Crippen LogP contribution in [0.3, 0.4) is 0 Å². The first-order chi connectivity index (χ1) is 12.7. The fraction of sp³-hybridized carbons (Fsp3) is 0.278. The zero-order valence-corrected chi connectivity index (χ0v) is 14.9. The SMILES string of the molecule is CC(C)C(=O)Nc1ccc(C(=O)C(C)OC(=O)c2ccc([N+](=O)[O-])o2)cc1. The van der Waals surface area contributed by atoms with Crippen molar-refractivity contribution in [1.29, 1.82) is 0 Å². The highest BCUT2D eigenvalue weighted by Crippen LogP contribution is 2.18. The number of ketones is 1. The summed E-state index contributed by atoms with van der Waals surface area (Å²) in [5.74, 6) is -2.74. The summed E-state index contributed by atoms with van der Waals surface area (Å²) in [6, 6.07) is 8.26. The van der Waals surface area contributed by atoms with Crippen LogP contribution in [0.15, 0.2) is 40.8 Å². The van der Waals surface area contributed by atoms with Gasteiger partial charge in [-0.15, -0.1) is 0 Å². The van der Waals surface area contributed by atoms with E-state index in [0.29, 0.717) is 5.69 Å². The second kappa shape index (κ2) is 8.26. The molecular formula is C18H18N2O7. The van der Waals surface area contributed by atoms with Crippen molar-refractivity contribution in [3.8, 4) is 0 Å². The molecule has 1 heterocycles. The lowest BCUT2D eigenvalue weighted by Crippen LogP contribution is -2.24. The molecule has 0 saturated heterocycles. The normalized spacial score (nSPS) is 11.7. The number of esters is 1. The van der Waals surface area contributed by atoms with Crippen molar-refractivity contribution in [3.63, 3.8) is 0 Å². The van der Waals surface area contributed by atoms with Crippen LogP contribution in [0.2, 0.25) is 0 Å². The standard InChI is InChI=1S/C18H18N2O7/c1-10(2)17(22)19-13-6-4-12(5-7-13)16(21)11(3)26-18(23)14-8-9-15(27-14)20(24)25/h4-11H,1-3H3,(H,19,22). The lowest BCUT2D eigenvalue weighted by atomic mass is 10.1. The molecular weight excluding hydrogens is 356 g/mol. The molecule has 142 valence electrons. The van der Waals surface area contributed by atoms with Crippen LogP contribution in [0.25, 0.3) is 0 Å². The minimum atomic E-state index is -1.13. The second-order valence-electron chi connectivity index (χ2n) is 6.03. The maximum absolute atomic E-state index is 12.4. The van der Waals surface area contributed by atoms with Crippen LogP contribution < -0.4 is 5.32 Å². The summed E-state index contributed by atoms with van der Waals surface area (Å²) in [5.41, 5.74) is 0.820. The van der Waals surface area contributed by atoms with Crippen molar-refractivity contribution < 1.29 is 28.5 Å². The fourth-order valence-electron chi connectivity index (χ4n) is 2.05. The highest BCUT2D eigenvalue weighted by Gasteiger charge is 2.24. The number of hydrogen-bond acceptors (Lipinski definition) is 7. The van der Waals surface area contributed by atoms with Gasteiger partial charge in [0, 0.05) is 17.2 Å². The first-order valence-electron chi connectivity index (χ1n) is 8.09. The smallest absolute Gasteiger partial charge is 0.433 e. The van der Waals surface area contributed by atoms with Gasteiger partial charge in [-0.1, -0.05) is 13.8 Å². The van der Waals surface area contributed by atoms with Gasteiger partial charge in [-0.05, 0) is 37.3 Å². The number of nitro groups is 1. The second-order valence-corrected chi connectivity index (χ2v) is 6.03. The summed E-state index contributed by atoms with van der Waals surface area (Å²) in [4.78, 5) is 45.7. The highest BCUT2D eigenvalue weighted by molar-refractivity contribution is 6.01. The summed E-state index contributed by atoms with van der Waals surface area (Å²) in [5, 5.41) is 13.3. The van der Waals surface area contributed by atoms with Crippen LogP contribution in [0.1, 0.15) is 41.7 Å². The summed E-state index contributed by atoms with van der Waals surface area (Å²) >= 11 is 0. The number of nitrogens with zero attached hydrogens (tertiary/aromatic N) is 1. The number of nitrogens with one attached hydrogen (secondary N) is 1. The summed E-state index contributed by atoms with van der Waals surface area (Å²) < 4.78 is 9.74. The minimum Gasteiger partial charge on any atom is -0.448 e. The van der Waals surface area contributed by atoms with E-state index in [4.69, 9.17) is 9.15 Å². The first kappa shape index (κ1) is 19.8. The van der Waals surface area contributed by atoms with Gasteiger partial charge in [0.15, 0.2) is 6.10 Å². The van der Waals surface area contributed by atoms with Gasteiger partial charge in [-0.2, -0.15) is 0 Å². The monoisotopic (exact) mass is 374 g/mol. The van der Waals surface area contributed by atoms with Gasteiger partial charge < -0.3 is 14.5 Å². The van der Waals surface area contributed by atoms with Gasteiger partial charge in [-0.3, -0.25) is 19.7 Å². The van der Waals surface area contributed by atoms with Crippen molar-refractivity contribution in [1.82, 2.24) is 0 Å². The van der Waals surface area contributed by atoms with Crippen LogP contribution in [-0.4, -0.2) is 28.7 Å². The Hall–Kier alpha value is -3.49. The lowest BCUT2D eigenvalue weighted by molar-refractivity contribution is -0.402. The molecule has 9 nitrogen and oxygen atoms in total. The molecule has 27 heavy (non-hydrogen) atoms. The number of ether oxygens (including phenoxy) is 1. The van der Waals surface area contributed by atoms with Gasteiger partial charge in [0.25, 0.3) is 0 Å². The Labute approximate surface area is 154 Å². The largest absolute Gasteiger partial charge is 0.448 e. The highest BCUT2D eigenvalue weighted by atomic mass is 16.7. The number of rotatable bonds is 7. The molecule has 1 N–H and O–H groups in total. The molecule has 2 aromatic rings. The maximum atomic E-state index is 12.4. The number of benzene rings is 1. The molecule has 0 aliphatic rings.